The van der Waals surface area contributed by atoms with Gasteiger partial charge in [-0.2, -0.15) is 11.8 Å². The Labute approximate surface area is 88.9 Å². The first-order chi connectivity index (χ1) is 6.41. The first-order valence-corrected chi connectivity index (χ1v) is 6.94. The highest BCUT2D eigenvalue weighted by atomic mass is 32.2. The van der Waals surface area contributed by atoms with Crippen LogP contribution in [0.3, 0.4) is 0 Å². The molecule has 0 aliphatic rings. The Balaban J connectivity index is 2.76. The minimum atomic E-state index is 1.11. The first-order valence-electron chi connectivity index (χ1n) is 5.78. The predicted octanol–water partition coefficient (Wildman–Crippen LogP) is 4.69. The van der Waals surface area contributed by atoms with E-state index in [9.17, 15) is 0 Å². The number of unbranched alkanes of at least 4 members (excludes halogenated alkanes) is 6. The fourth-order valence-electron chi connectivity index (χ4n) is 1.29. The van der Waals surface area contributed by atoms with E-state index in [2.05, 4.69) is 25.6 Å². The zero-order chi connectivity index (χ0) is 9.78. The summed E-state index contributed by atoms with van der Waals surface area (Å²) in [6.07, 6.45) is 10.8. The van der Waals surface area contributed by atoms with Crippen molar-refractivity contribution in [3.8, 4) is 0 Å². The smallest absolute Gasteiger partial charge is 0.00675 e. The van der Waals surface area contributed by atoms with E-state index in [0.29, 0.717) is 0 Å². The van der Waals surface area contributed by atoms with Gasteiger partial charge in [-0.3, -0.25) is 0 Å². The van der Waals surface area contributed by atoms with Gasteiger partial charge in [0.2, 0.25) is 0 Å². The molecule has 0 unspecified atom stereocenters. The van der Waals surface area contributed by atoms with Gasteiger partial charge in [0.25, 0.3) is 0 Å². The summed E-state index contributed by atoms with van der Waals surface area (Å²) >= 11 is 2.14. The van der Waals surface area contributed by atoms with E-state index in [4.69, 9.17) is 0 Å². The van der Waals surface area contributed by atoms with Crippen LogP contribution >= 0.6 is 11.8 Å². The molecule has 0 N–H and O–H groups in total. The predicted molar refractivity (Wildman–Crippen MR) is 65.3 cm³/mol. The SMILES string of the molecule is [CH2]CCCCCCSCCCCC. The summed E-state index contributed by atoms with van der Waals surface area (Å²) in [5.41, 5.74) is 0. The molecule has 0 aliphatic carbocycles. The van der Waals surface area contributed by atoms with Gasteiger partial charge in [-0.05, 0) is 24.3 Å². The molecule has 0 fully saturated rings. The highest BCUT2D eigenvalue weighted by Gasteiger charge is 1.91. The molecule has 0 saturated heterocycles. The summed E-state index contributed by atoms with van der Waals surface area (Å²) in [7, 11) is 0. The van der Waals surface area contributed by atoms with Gasteiger partial charge in [0, 0.05) is 0 Å². The van der Waals surface area contributed by atoms with Crippen molar-refractivity contribution in [3.63, 3.8) is 0 Å². The topological polar surface area (TPSA) is 0 Å². The Hall–Kier alpha value is 0.350. The maximum atomic E-state index is 3.85. The Morgan fingerprint density at radius 3 is 2.08 bits per heavy atom. The Morgan fingerprint density at radius 1 is 0.846 bits per heavy atom. The Bertz CT molecular complexity index is 71.2. The minimum Gasteiger partial charge on any atom is -0.162 e. The molecule has 0 atom stereocenters. The van der Waals surface area contributed by atoms with Crippen LogP contribution in [0.2, 0.25) is 0 Å². The van der Waals surface area contributed by atoms with Crippen molar-refractivity contribution in [2.45, 2.75) is 58.3 Å². The molecule has 0 heterocycles. The van der Waals surface area contributed by atoms with E-state index in [0.717, 1.165) is 6.42 Å². The molecule has 0 aliphatic heterocycles. The Kier molecular flexibility index (Phi) is 12.7. The highest BCUT2D eigenvalue weighted by molar-refractivity contribution is 7.99. The molecular formula is C12H25S. The third-order valence-corrected chi connectivity index (χ3v) is 3.34. The molecule has 0 saturated carbocycles. The number of hydrogen-bond donors (Lipinski definition) is 0. The van der Waals surface area contributed by atoms with Gasteiger partial charge in [-0.15, -0.1) is 0 Å². The minimum absolute atomic E-state index is 1.11. The van der Waals surface area contributed by atoms with Crippen molar-refractivity contribution in [3.05, 3.63) is 6.92 Å². The molecule has 1 heteroatoms. The largest absolute Gasteiger partial charge is 0.162 e. The summed E-state index contributed by atoms with van der Waals surface area (Å²) in [6, 6.07) is 0. The molecule has 13 heavy (non-hydrogen) atoms. The van der Waals surface area contributed by atoms with Crippen molar-refractivity contribution in [2.24, 2.45) is 0 Å². The van der Waals surface area contributed by atoms with Gasteiger partial charge in [0.1, 0.15) is 0 Å². The van der Waals surface area contributed by atoms with Crippen LogP contribution in [-0.2, 0) is 0 Å². The molecule has 0 nitrogen and oxygen atoms in total. The second-order valence-electron chi connectivity index (χ2n) is 3.59. The van der Waals surface area contributed by atoms with Crippen LogP contribution in [0.1, 0.15) is 58.3 Å². The van der Waals surface area contributed by atoms with E-state index in [-0.39, 0.29) is 0 Å². The molecule has 0 amide bonds. The number of thioether (sulfide) groups is 1. The second-order valence-corrected chi connectivity index (χ2v) is 4.81. The highest BCUT2D eigenvalue weighted by Crippen LogP contribution is 2.10. The molecular weight excluding hydrogens is 176 g/mol. The molecule has 0 bridgehead atoms. The van der Waals surface area contributed by atoms with Crippen LogP contribution in [-0.4, -0.2) is 11.5 Å². The fourth-order valence-corrected chi connectivity index (χ4v) is 2.31. The lowest BCUT2D eigenvalue weighted by atomic mass is 10.2. The standard InChI is InChI=1S/C12H25S/c1-3-5-7-8-10-12-13-11-9-6-4-2/h1,3-12H2,2H3. The molecule has 0 aromatic carbocycles. The molecule has 0 spiro atoms. The van der Waals surface area contributed by atoms with Crippen molar-refractivity contribution < 1.29 is 0 Å². The molecule has 0 rings (SSSR count). The van der Waals surface area contributed by atoms with Crippen LogP contribution in [0.5, 0.6) is 0 Å². The average molecular weight is 201 g/mol. The first kappa shape index (κ1) is 13.4. The van der Waals surface area contributed by atoms with Crippen LogP contribution in [0.25, 0.3) is 0 Å². The Morgan fingerprint density at radius 2 is 1.46 bits per heavy atom. The normalized spacial score (nSPS) is 10.6. The van der Waals surface area contributed by atoms with Gasteiger partial charge in [0.15, 0.2) is 0 Å². The lowest BCUT2D eigenvalue weighted by Crippen LogP contribution is -1.85. The third kappa shape index (κ3) is 12.4. The van der Waals surface area contributed by atoms with E-state index in [1.54, 1.807) is 0 Å². The zero-order valence-corrected chi connectivity index (χ0v) is 10.0. The van der Waals surface area contributed by atoms with E-state index in [1.807, 2.05) is 0 Å². The fraction of sp³-hybridized carbons (Fsp3) is 0.917. The summed E-state index contributed by atoms with van der Waals surface area (Å²) in [5.74, 6) is 2.75. The van der Waals surface area contributed by atoms with Gasteiger partial charge in [0.05, 0.1) is 0 Å². The van der Waals surface area contributed by atoms with Crippen LogP contribution in [0.4, 0.5) is 0 Å². The summed E-state index contributed by atoms with van der Waals surface area (Å²) in [6.45, 7) is 6.12. The van der Waals surface area contributed by atoms with Gasteiger partial charge in [-0.1, -0.05) is 52.4 Å². The lowest BCUT2D eigenvalue weighted by Gasteiger charge is -2.00. The summed E-state index contributed by atoms with van der Waals surface area (Å²) in [4.78, 5) is 0. The molecule has 0 aromatic rings. The van der Waals surface area contributed by atoms with Crippen molar-refractivity contribution in [1.82, 2.24) is 0 Å². The third-order valence-electron chi connectivity index (χ3n) is 2.18. The van der Waals surface area contributed by atoms with Crippen LogP contribution in [0, 0.1) is 6.92 Å². The summed E-state index contributed by atoms with van der Waals surface area (Å²) < 4.78 is 0. The summed E-state index contributed by atoms with van der Waals surface area (Å²) in [5, 5.41) is 0. The van der Waals surface area contributed by atoms with Gasteiger partial charge < -0.3 is 0 Å². The second kappa shape index (κ2) is 12.3. The van der Waals surface area contributed by atoms with Crippen LogP contribution < -0.4 is 0 Å². The lowest BCUT2D eigenvalue weighted by molar-refractivity contribution is 0.677. The molecule has 0 aromatic heterocycles. The van der Waals surface area contributed by atoms with Crippen molar-refractivity contribution >= 4 is 11.8 Å². The van der Waals surface area contributed by atoms with E-state index >= 15 is 0 Å². The number of rotatable bonds is 10. The maximum Gasteiger partial charge on any atom is -0.00675 e. The average Bonchev–Trinajstić information content (AvgIpc) is 2.16. The maximum absolute atomic E-state index is 3.85. The molecule has 1 radical (unpaired) electrons. The van der Waals surface area contributed by atoms with Gasteiger partial charge >= 0.3 is 0 Å². The van der Waals surface area contributed by atoms with Crippen molar-refractivity contribution in [2.75, 3.05) is 11.5 Å². The monoisotopic (exact) mass is 201 g/mol. The van der Waals surface area contributed by atoms with Gasteiger partial charge in [-0.25, -0.2) is 0 Å². The zero-order valence-electron chi connectivity index (χ0n) is 9.19. The number of hydrogen-bond acceptors (Lipinski definition) is 1. The quantitative estimate of drug-likeness (QED) is 0.462. The van der Waals surface area contributed by atoms with E-state index < -0.39 is 0 Å². The molecule has 79 valence electrons. The van der Waals surface area contributed by atoms with Crippen LogP contribution in [0.15, 0.2) is 0 Å². The van der Waals surface area contributed by atoms with E-state index in [1.165, 1.54) is 56.5 Å². The van der Waals surface area contributed by atoms with Crippen molar-refractivity contribution in [1.29, 1.82) is 0 Å².